The molecule has 0 radical (unpaired) electrons. The lowest BCUT2D eigenvalue weighted by atomic mass is 10.1. The number of methoxy groups -OCH3 is 1. The van der Waals surface area contributed by atoms with Crippen molar-refractivity contribution in [3.8, 4) is 11.5 Å². The maximum atomic E-state index is 12.4. The van der Waals surface area contributed by atoms with Crippen molar-refractivity contribution in [2.75, 3.05) is 19.0 Å². The Morgan fingerprint density at radius 3 is 2.83 bits per heavy atom. The van der Waals surface area contributed by atoms with E-state index in [2.05, 4.69) is 5.32 Å². The first-order chi connectivity index (χ1) is 11.6. The van der Waals surface area contributed by atoms with Crippen molar-refractivity contribution < 1.29 is 19.2 Å². The number of nitro groups is 1. The van der Waals surface area contributed by atoms with Gasteiger partial charge >= 0.3 is 0 Å². The molecule has 1 aliphatic rings. The molecule has 0 saturated carbocycles. The van der Waals surface area contributed by atoms with Gasteiger partial charge in [-0.2, -0.15) is 0 Å². The number of carbonyl (C=O) groups is 1. The van der Waals surface area contributed by atoms with E-state index < -0.39 is 10.8 Å². The topological polar surface area (TPSA) is 90.7 Å². The minimum Gasteiger partial charge on any atom is -0.496 e. The van der Waals surface area contributed by atoms with E-state index in [4.69, 9.17) is 9.47 Å². The lowest BCUT2D eigenvalue weighted by molar-refractivity contribution is -0.384. The third kappa shape index (κ3) is 3.05. The third-order valence-corrected chi connectivity index (χ3v) is 3.57. The van der Waals surface area contributed by atoms with Gasteiger partial charge in [0.1, 0.15) is 23.8 Å². The summed E-state index contributed by atoms with van der Waals surface area (Å²) >= 11 is 0. The Balaban J connectivity index is 1.86. The highest BCUT2D eigenvalue weighted by Crippen LogP contribution is 2.30. The highest BCUT2D eigenvalue weighted by molar-refractivity contribution is 6.08. The molecule has 1 heterocycles. The van der Waals surface area contributed by atoms with Crippen LogP contribution in [0.25, 0.3) is 6.08 Å². The Labute approximate surface area is 137 Å². The Hall–Kier alpha value is -3.35. The molecule has 7 nitrogen and oxygen atoms in total. The highest BCUT2D eigenvalue weighted by Gasteiger charge is 2.21. The number of anilines is 1. The van der Waals surface area contributed by atoms with Crippen molar-refractivity contribution in [1.82, 2.24) is 0 Å². The molecule has 2 aromatic carbocycles. The number of benzene rings is 2. The van der Waals surface area contributed by atoms with Crippen LogP contribution in [0, 0.1) is 10.1 Å². The van der Waals surface area contributed by atoms with Gasteiger partial charge in [-0.1, -0.05) is 18.2 Å². The zero-order valence-electron chi connectivity index (χ0n) is 12.8. The molecule has 1 N–H and O–H groups in total. The number of fused-ring (bicyclic) bond motifs is 1. The Morgan fingerprint density at radius 1 is 1.29 bits per heavy atom. The smallest absolute Gasteiger partial charge is 0.296 e. The van der Waals surface area contributed by atoms with Gasteiger partial charge in [0.2, 0.25) is 0 Å². The predicted octanol–water partition coefficient (Wildman–Crippen LogP) is 3.02. The van der Waals surface area contributed by atoms with E-state index in [9.17, 15) is 14.9 Å². The second kappa shape index (κ2) is 6.41. The van der Waals surface area contributed by atoms with Gasteiger partial charge < -0.3 is 14.8 Å². The Morgan fingerprint density at radius 2 is 2.08 bits per heavy atom. The van der Waals surface area contributed by atoms with Crippen LogP contribution in [0.2, 0.25) is 0 Å². The minimum absolute atomic E-state index is 0.102. The van der Waals surface area contributed by atoms with Crippen molar-refractivity contribution in [2.24, 2.45) is 0 Å². The van der Waals surface area contributed by atoms with E-state index in [0.717, 1.165) is 5.56 Å². The predicted molar refractivity (Wildman–Crippen MR) is 88.2 cm³/mol. The molecule has 122 valence electrons. The van der Waals surface area contributed by atoms with Gasteiger partial charge in [0, 0.05) is 5.56 Å². The molecule has 0 atom stereocenters. The summed E-state index contributed by atoms with van der Waals surface area (Å²) in [6, 6.07) is 11.6. The van der Waals surface area contributed by atoms with Crippen LogP contribution >= 0.6 is 0 Å². The Bertz CT molecular complexity index is 845. The first-order valence-corrected chi connectivity index (χ1v) is 7.14. The Kier molecular flexibility index (Phi) is 4.15. The summed E-state index contributed by atoms with van der Waals surface area (Å²) in [6.45, 7) is 0.104. The number of hydrogen-bond donors (Lipinski definition) is 1. The standard InChI is InChI=1S/C17H14N2O5/c1-23-13-6-7-14(15(9-13)19(21)22)18-17(20)12-8-11-4-2-3-5-16(11)24-10-12/h2-9H,10H2,1H3,(H,18,20). The van der Waals surface area contributed by atoms with Gasteiger partial charge in [-0.25, -0.2) is 0 Å². The molecule has 2 aromatic rings. The summed E-state index contributed by atoms with van der Waals surface area (Å²) in [4.78, 5) is 23.0. The van der Waals surface area contributed by atoms with Crippen LogP contribution in [0.5, 0.6) is 11.5 Å². The van der Waals surface area contributed by atoms with E-state index in [0.29, 0.717) is 17.1 Å². The van der Waals surface area contributed by atoms with Crippen molar-refractivity contribution in [3.05, 3.63) is 63.7 Å². The van der Waals surface area contributed by atoms with Crippen LogP contribution < -0.4 is 14.8 Å². The molecule has 0 aliphatic carbocycles. The molecule has 0 spiro atoms. The quantitative estimate of drug-likeness (QED) is 0.689. The number of nitrogens with zero attached hydrogens (tertiary/aromatic N) is 1. The molecular formula is C17H14N2O5. The molecule has 0 unspecified atom stereocenters. The van der Waals surface area contributed by atoms with E-state index in [1.54, 1.807) is 12.1 Å². The summed E-state index contributed by atoms with van der Waals surface area (Å²) < 4.78 is 10.5. The fourth-order valence-corrected chi connectivity index (χ4v) is 2.34. The SMILES string of the molecule is COc1ccc(NC(=O)C2=Cc3ccccc3OC2)c([N+](=O)[O-])c1. The number of nitrogens with one attached hydrogen (secondary N) is 1. The van der Waals surface area contributed by atoms with Crippen LogP contribution in [0.15, 0.2) is 48.0 Å². The molecule has 7 heteroatoms. The van der Waals surface area contributed by atoms with Gasteiger partial charge in [-0.15, -0.1) is 0 Å². The van der Waals surface area contributed by atoms with Gasteiger partial charge in [-0.3, -0.25) is 14.9 Å². The second-order valence-electron chi connectivity index (χ2n) is 5.09. The summed E-state index contributed by atoms with van der Waals surface area (Å²) in [5.74, 6) is 0.594. The molecule has 24 heavy (non-hydrogen) atoms. The normalized spacial score (nSPS) is 12.5. The third-order valence-electron chi connectivity index (χ3n) is 3.57. The van der Waals surface area contributed by atoms with Gasteiger partial charge in [0.05, 0.1) is 23.7 Å². The maximum Gasteiger partial charge on any atom is 0.296 e. The molecule has 0 aromatic heterocycles. The maximum absolute atomic E-state index is 12.4. The second-order valence-corrected chi connectivity index (χ2v) is 5.09. The van der Waals surface area contributed by atoms with E-state index in [1.165, 1.54) is 19.2 Å². The number of carbonyl (C=O) groups excluding carboxylic acids is 1. The van der Waals surface area contributed by atoms with E-state index in [1.807, 2.05) is 24.3 Å². The lowest BCUT2D eigenvalue weighted by Crippen LogP contribution is -2.21. The molecule has 0 fully saturated rings. The van der Waals surface area contributed by atoms with Gasteiger partial charge in [0.15, 0.2) is 0 Å². The lowest BCUT2D eigenvalue weighted by Gasteiger charge is -2.17. The largest absolute Gasteiger partial charge is 0.496 e. The number of hydrogen-bond acceptors (Lipinski definition) is 5. The van der Waals surface area contributed by atoms with Crippen molar-refractivity contribution >= 4 is 23.4 Å². The summed E-state index contributed by atoms with van der Waals surface area (Å²) in [5.41, 5.74) is 1.04. The highest BCUT2D eigenvalue weighted by atomic mass is 16.6. The van der Waals surface area contributed by atoms with Gasteiger partial charge in [-0.05, 0) is 24.3 Å². The number of para-hydroxylation sites is 1. The summed E-state index contributed by atoms with van der Waals surface area (Å²) in [6.07, 6.45) is 1.71. The van der Waals surface area contributed by atoms with Crippen LogP contribution in [0.1, 0.15) is 5.56 Å². The molecule has 1 aliphatic heterocycles. The summed E-state index contributed by atoms with van der Waals surface area (Å²) in [5, 5.41) is 13.7. The molecule has 1 amide bonds. The van der Waals surface area contributed by atoms with Crippen LogP contribution in [0.3, 0.4) is 0 Å². The summed E-state index contributed by atoms with van der Waals surface area (Å²) in [7, 11) is 1.42. The fraction of sp³-hybridized carbons (Fsp3) is 0.118. The average molecular weight is 326 g/mol. The number of nitro benzene ring substituents is 1. The zero-order valence-corrected chi connectivity index (χ0v) is 12.8. The van der Waals surface area contributed by atoms with Crippen molar-refractivity contribution in [1.29, 1.82) is 0 Å². The average Bonchev–Trinajstić information content (AvgIpc) is 2.61. The van der Waals surface area contributed by atoms with Crippen LogP contribution in [0.4, 0.5) is 11.4 Å². The number of amides is 1. The molecule has 3 rings (SSSR count). The van der Waals surface area contributed by atoms with E-state index >= 15 is 0 Å². The van der Waals surface area contributed by atoms with E-state index in [-0.39, 0.29) is 18.0 Å². The van der Waals surface area contributed by atoms with Crippen molar-refractivity contribution in [2.45, 2.75) is 0 Å². The number of ether oxygens (including phenoxy) is 2. The number of rotatable bonds is 4. The molecule has 0 saturated heterocycles. The minimum atomic E-state index is -0.570. The molecule has 0 bridgehead atoms. The first-order valence-electron chi connectivity index (χ1n) is 7.14. The fourth-order valence-electron chi connectivity index (χ4n) is 2.34. The zero-order chi connectivity index (χ0) is 17.1. The van der Waals surface area contributed by atoms with Crippen LogP contribution in [-0.4, -0.2) is 24.5 Å². The molecular weight excluding hydrogens is 312 g/mol. The van der Waals surface area contributed by atoms with Gasteiger partial charge in [0.25, 0.3) is 11.6 Å². The van der Waals surface area contributed by atoms with Crippen molar-refractivity contribution in [3.63, 3.8) is 0 Å². The first kappa shape index (κ1) is 15.5. The monoisotopic (exact) mass is 326 g/mol. The van der Waals surface area contributed by atoms with Crippen LogP contribution in [-0.2, 0) is 4.79 Å².